The zero-order chi connectivity index (χ0) is 14.7. The Kier molecular flexibility index (Phi) is 4.66. The molecule has 0 aromatic carbocycles. The zero-order valence-corrected chi connectivity index (χ0v) is 12.2. The molecule has 1 saturated heterocycles. The van der Waals surface area contributed by atoms with Gasteiger partial charge in [-0.05, 0) is 29.9 Å². The highest BCUT2D eigenvalue weighted by molar-refractivity contribution is 8.77. The van der Waals surface area contributed by atoms with Crippen molar-refractivity contribution in [3.05, 3.63) is 18.3 Å². The summed E-state index contributed by atoms with van der Waals surface area (Å²) in [5, 5.41) is 8.71. The fourth-order valence-electron chi connectivity index (χ4n) is 1.62. The van der Waals surface area contributed by atoms with Gasteiger partial charge in [-0.15, -0.1) is 0 Å². The third-order valence-corrected chi connectivity index (χ3v) is 5.35. The molecule has 0 bridgehead atoms. The van der Waals surface area contributed by atoms with Crippen molar-refractivity contribution < 1.29 is 19.5 Å². The maximum absolute atomic E-state index is 11.8. The van der Waals surface area contributed by atoms with Crippen molar-refractivity contribution in [1.82, 2.24) is 4.98 Å². The van der Waals surface area contributed by atoms with Crippen LogP contribution < -0.4 is 4.90 Å². The maximum atomic E-state index is 11.8. The normalized spacial score (nSPS) is 16.6. The van der Waals surface area contributed by atoms with Gasteiger partial charge in [0.15, 0.2) is 0 Å². The first-order valence-electron chi connectivity index (χ1n) is 5.87. The number of rotatable bonds is 5. The number of imide groups is 1. The van der Waals surface area contributed by atoms with Gasteiger partial charge in [-0.25, -0.2) is 9.88 Å². The van der Waals surface area contributed by atoms with Gasteiger partial charge in [0.05, 0.1) is 5.69 Å². The van der Waals surface area contributed by atoms with Crippen molar-refractivity contribution in [2.45, 2.75) is 30.0 Å². The molecule has 1 aliphatic rings. The van der Waals surface area contributed by atoms with Crippen molar-refractivity contribution in [3.63, 3.8) is 0 Å². The lowest BCUT2D eigenvalue weighted by Gasteiger charge is -2.16. The van der Waals surface area contributed by atoms with Crippen LogP contribution in [-0.2, 0) is 14.4 Å². The predicted molar refractivity (Wildman–Crippen MR) is 76.5 cm³/mol. The molecule has 20 heavy (non-hydrogen) atoms. The van der Waals surface area contributed by atoms with E-state index in [2.05, 4.69) is 4.98 Å². The van der Waals surface area contributed by atoms with Crippen molar-refractivity contribution in [1.29, 1.82) is 0 Å². The Balaban J connectivity index is 2.20. The fraction of sp³-hybridized carbons (Fsp3) is 0.333. The molecule has 0 aliphatic carbocycles. The molecular weight excluding hydrogens is 300 g/mol. The van der Waals surface area contributed by atoms with E-state index in [1.807, 2.05) is 0 Å². The topological polar surface area (TPSA) is 87.6 Å². The monoisotopic (exact) mass is 312 g/mol. The summed E-state index contributed by atoms with van der Waals surface area (Å²) in [6.45, 7) is 1.56. The summed E-state index contributed by atoms with van der Waals surface area (Å²) in [6.07, 6.45) is 1.95. The van der Waals surface area contributed by atoms with Gasteiger partial charge in [0.2, 0.25) is 11.8 Å². The van der Waals surface area contributed by atoms with Crippen LogP contribution in [0.5, 0.6) is 0 Å². The highest BCUT2D eigenvalue weighted by Gasteiger charge is 2.32. The van der Waals surface area contributed by atoms with Crippen LogP contribution in [0.1, 0.15) is 19.8 Å². The molecule has 1 fully saturated rings. The highest BCUT2D eigenvalue weighted by Crippen LogP contribution is 2.39. The molecule has 1 N–H and O–H groups in total. The Labute approximate surface area is 123 Å². The molecule has 6 nitrogen and oxygen atoms in total. The minimum absolute atomic E-state index is 0.205. The van der Waals surface area contributed by atoms with Gasteiger partial charge >= 0.3 is 5.97 Å². The standard InChI is InChI=1S/C12H12N2O4S2/c1-7(12(17)18)19-20-11-8(3-2-6-13-11)14-9(15)4-5-10(14)16/h2-3,6-7H,4-5H2,1H3,(H,17,18). The van der Waals surface area contributed by atoms with E-state index in [9.17, 15) is 14.4 Å². The molecule has 0 radical (unpaired) electrons. The molecule has 2 amide bonds. The average Bonchev–Trinajstić information content (AvgIpc) is 2.75. The van der Waals surface area contributed by atoms with Crippen molar-refractivity contribution in [3.8, 4) is 0 Å². The number of pyridine rings is 1. The SMILES string of the molecule is CC(SSc1ncccc1N1C(=O)CCC1=O)C(=O)O. The first-order valence-corrected chi connectivity index (χ1v) is 8.09. The summed E-state index contributed by atoms with van der Waals surface area (Å²) in [4.78, 5) is 39.5. The lowest BCUT2D eigenvalue weighted by atomic mass is 10.4. The number of amides is 2. The second-order valence-electron chi connectivity index (χ2n) is 4.11. The Morgan fingerprint density at radius 2 is 2.05 bits per heavy atom. The lowest BCUT2D eigenvalue weighted by molar-refractivity contribution is -0.136. The van der Waals surface area contributed by atoms with E-state index in [-0.39, 0.29) is 24.7 Å². The first kappa shape index (κ1) is 14.9. The van der Waals surface area contributed by atoms with Gasteiger partial charge < -0.3 is 5.11 Å². The van der Waals surface area contributed by atoms with Gasteiger partial charge in [-0.3, -0.25) is 14.4 Å². The second-order valence-corrected chi connectivity index (χ2v) is 6.64. The molecule has 0 spiro atoms. The average molecular weight is 312 g/mol. The van der Waals surface area contributed by atoms with E-state index in [0.29, 0.717) is 10.7 Å². The van der Waals surface area contributed by atoms with E-state index >= 15 is 0 Å². The molecule has 106 valence electrons. The van der Waals surface area contributed by atoms with Crippen LogP contribution in [0, 0.1) is 0 Å². The Morgan fingerprint density at radius 1 is 1.40 bits per heavy atom. The van der Waals surface area contributed by atoms with Gasteiger partial charge in [0, 0.05) is 19.0 Å². The lowest BCUT2D eigenvalue weighted by Crippen LogP contribution is -2.29. The van der Waals surface area contributed by atoms with Crippen molar-refractivity contribution >= 4 is 45.1 Å². The second kappa shape index (κ2) is 6.27. The van der Waals surface area contributed by atoms with E-state index in [4.69, 9.17) is 5.11 Å². The molecule has 1 atom stereocenters. The number of carboxylic acids is 1. The molecule has 1 unspecified atom stereocenters. The van der Waals surface area contributed by atoms with Gasteiger partial charge in [0.1, 0.15) is 10.3 Å². The van der Waals surface area contributed by atoms with E-state index in [0.717, 1.165) is 26.5 Å². The summed E-state index contributed by atoms with van der Waals surface area (Å²) in [6, 6.07) is 3.28. The number of carboxylic acid groups (broad SMARTS) is 1. The molecule has 2 rings (SSSR count). The minimum Gasteiger partial charge on any atom is -0.480 e. The van der Waals surface area contributed by atoms with Gasteiger partial charge in [-0.1, -0.05) is 10.8 Å². The van der Waals surface area contributed by atoms with Crippen LogP contribution in [0.3, 0.4) is 0 Å². The first-order chi connectivity index (χ1) is 9.50. The number of anilines is 1. The number of aromatic nitrogens is 1. The molecule has 1 aliphatic heterocycles. The number of carbonyl (C=O) groups excluding carboxylic acids is 2. The number of aliphatic carboxylic acids is 1. The third-order valence-electron chi connectivity index (χ3n) is 2.66. The van der Waals surface area contributed by atoms with Crippen molar-refractivity contribution in [2.24, 2.45) is 0 Å². The third kappa shape index (κ3) is 3.13. The minimum atomic E-state index is -0.923. The molecule has 0 saturated carbocycles. The molecule has 1 aromatic rings. The smallest absolute Gasteiger partial charge is 0.317 e. The van der Waals surface area contributed by atoms with Crippen LogP contribution in [-0.4, -0.2) is 33.1 Å². The summed E-state index contributed by atoms with van der Waals surface area (Å²) in [5.41, 5.74) is 0.426. The van der Waals surface area contributed by atoms with Crippen LogP contribution in [0.15, 0.2) is 23.4 Å². The predicted octanol–water partition coefficient (Wildman–Crippen LogP) is 1.95. The summed E-state index contributed by atoms with van der Waals surface area (Å²) < 4.78 is 0. The zero-order valence-electron chi connectivity index (χ0n) is 10.6. The fourth-order valence-corrected chi connectivity index (χ4v) is 3.63. The number of hydrogen-bond acceptors (Lipinski definition) is 6. The summed E-state index contributed by atoms with van der Waals surface area (Å²) in [7, 11) is 2.27. The Bertz CT molecular complexity index is 548. The van der Waals surface area contributed by atoms with Gasteiger partial charge in [0.25, 0.3) is 0 Å². The molecule has 2 heterocycles. The van der Waals surface area contributed by atoms with Crippen LogP contribution in [0.4, 0.5) is 5.69 Å². The highest BCUT2D eigenvalue weighted by atomic mass is 33.1. The quantitative estimate of drug-likeness (QED) is 0.656. The number of nitrogens with zero attached hydrogens (tertiary/aromatic N) is 2. The van der Waals surface area contributed by atoms with Crippen LogP contribution in [0.25, 0.3) is 0 Å². The molecular formula is C12H12N2O4S2. The van der Waals surface area contributed by atoms with Crippen LogP contribution >= 0.6 is 21.6 Å². The Morgan fingerprint density at radius 3 is 2.65 bits per heavy atom. The number of hydrogen-bond donors (Lipinski definition) is 1. The van der Waals surface area contributed by atoms with Crippen LogP contribution in [0.2, 0.25) is 0 Å². The molecule has 1 aromatic heterocycles. The molecule has 8 heteroatoms. The van der Waals surface area contributed by atoms with E-state index in [1.54, 1.807) is 25.3 Å². The largest absolute Gasteiger partial charge is 0.480 e. The van der Waals surface area contributed by atoms with Crippen molar-refractivity contribution in [2.75, 3.05) is 4.90 Å². The van der Waals surface area contributed by atoms with E-state index < -0.39 is 11.2 Å². The maximum Gasteiger partial charge on any atom is 0.317 e. The summed E-state index contributed by atoms with van der Waals surface area (Å²) >= 11 is 0. The van der Waals surface area contributed by atoms with Gasteiger partial charge in [-0.2, -0.15) is 0 Å². The number of carbonyl (C=O) groups is 3. The Hall–Kier alpha value is -1.54. The van der Waals surface area contributed by atoms with E-state index in [1.165, 1.54) is 0 Å². The summed E-state index contributed by atoms with van der Waals surface area (Å²) in [5.74, 6) is -1.42.